The van der Waals surface area contributed by atoms with E-state index in [1.165, 1.54) is 0 Å². The van der Waals surface area contributed by atoms with Crippen LogP contribution < -0.4 is 5.90 Å². The Morgan fingerprint density at radius 3 is 2.44 bits per heavy atom. The zero-order valence-electron chi connectivity index (χ0n) is 9.30. The fraction of sp³-hybridized carbons (Fsp3) is 1.00. The average molecular weight is 347 g/mol. The van der Waals surface area contributed by atoms with Crippen molar-refractivity contribution in [3.63, 3.8) is 0 Å². The lowest BCUT2D eigenvalue weighted by Crippen LogP contribution is -2.32. The summed E-state index contributed by atoms with van der Waals surface area (Å²) in [6, 6.07) is 0. The Balaban J connectivity index is 3.63. The summed E-state index contributed by atoms with van der Waals surface area (Å²) in [5.41, 5.74) is 0. The SMILES string of the molecule is CC(I)N(CCCON)CCCO[N+](=O)[O-]. The maximum atomic E-state index is 9.93. The number of hydrogen-bond donors (Lipinski definition) is 1. The minimum absolute atomic E-state index is 0.139. The molecular weight excluding hydrogens is 329 g/mol. The molecule has 0 radical (unpaired) electrons. The lowest BCUT2D eigenvalue weighted by molar-refractivity contribution is -0.757. The molecule has 1 unspecified atom stereocenters. The van der Waals surface area contributed by atoms with Crippen molar-refractivity contribution in [2.24, 2.45) is 5.90 Å². The van der Waals surface area contributed by atoms with Gasteiger partial charge in [0.25, 0.3) is 5.09 Å². The molecule has 0 aromatic rings. The van der Waals surface area contributed by atoms with Gasteiger partial charge in [-0.3, -0.25) is 4.90 Å². The molecule has 2 N–H and O–H groups in total. The van der Waals surface area contributed by atoms with Crippen LogP contribution in [-0.4, -0.2) is 40.3 Å². The van der Waals surface area contributed by atoms with Crippen molar-refractivity contribution >= 4 is 22.6 Å². The predicted octanol–water partition coefficient (Wildman–Crippen LogP) is 0.948. The number of halogens is 1. The van der Waals surface area contributed by atoms with Gasteiger partial charge in [-0.15, -0.1) is 10.1 Å². The molecule has 0 rings (SSSR count). The van der Waals surface area contributed by atoms with E-state index in [4.69, 9.17) is 5.90 Å². The summed E-state index contributed by atoms with van der Waals surface area (Å²) in [5, 5.41) is 9.16. The minimum atomic E-state index is -0.764. The number of nitrogens with two attached hydrogens (primary N) is 1. The van der Waals surface area contributed by atoms with Gasteiger partial charge >= 0.3 is 0 Å². The Morgan fingerprint density at radius 1 is 1.44 bits per heavy atom. The Morgan fingerprint density at radius 2 is 2.00 bits per heavy atom. The predicted molar refractivity (Wildman–Crippen MR) is 67.4 cm³/mol. The highest BCUT2D eigenvalue weighted by atomic mass is 127. The standard InChI is InChI=1S/C8H18IN3O4/c1-8(9)11(4-2-6-15-10)5-3-7-16-12(13)14/h8H,2-7,10H2,1H3. The fourth-order valence-corrected chi connectivity index (χ4v) is 1.78. The zero-order valence-corrected chi connectivity index (χ0v) is 11.5. The number of nitrogens with zero attached hydrogens (tertiary/aromatic N) is 2. The van der Waals surface area contributed by atoms with E-state index < -0.39 is 5.09 Å². The van der Waals surface area contributed by atoms with Gasteiger partial charge in [-0.25, -0.2) is 5.90 Å². The number of alkyl halides is 1. The van der Waals surface area contributed by atoms with Crippen LogP contribution in [0.4, 0.5) is 0 Å². The van der Waals surface area contributed by atoms with Crippen LogP contribution in [0, 0.1) is 10.1 Å². The first-order valence-electron chi connectivity index (χ1n) is 5.05. The van der Waals surface area contributed by atoms with Crippen LogP contribution in [0.1, 0.15) is 19.8 Å². The van der Waals surface area contributed by atoms with Crippen LogP contribution >= 0.6 is 22.6 Å². The summed E-state index contributed by atoms with van der Waals surface area (Å²) in [7, 11) is 0. The van der Waals surface area contributed by atoms with Gasteiger partial charge < -0.3 is 9.68 Å². The summed E-state index contributed by atoms with van der Waals surface area (Å²) in [4.78, 5) is 20.9. The minimum Gasteiger partial charge on any atom is -0.314 e. The van der Waals surface area contributed by atoms with Gasteiger partial charge in [0.05, 0.1) is 17.3 Å². The largest absolute Gasteiger partial charge is 0.314 e. The van der Waals surface area contributed by atoms with E-state index in [9.17, 15) is 10.1 Å². The molecule has 0 bridgehead atoms. The molecule has 0 saturated heterocycles. The first-order valence-corrected chi connectivity index (χ1v) is 6.29. The molecule has 8 heteroatoms. The Labute approximate surface area is 108 Å². The second kappa shape index (κ2) is 10.00. The van der Waals surface area contributed by atoms with Crippen molar-refractivity contribution in [3.8, 4) is 0 Å². The third-order valence-corrected chi connectivity index (χ3v) is 2.78. The molecule has 0 aliphatic carbocycles. The van der Waals surface area contributed by atoms with E-state index in [-0.39, 0.29) is 6.61 Å². The molecule has 0 aromatic carbocycles. The summed E-state index contributed by atoms with van der Waals surface area (Å²) in [6.45, 7) is 4.35. The van der Waals surface area contributed by atoms with E-state index in [2.05, 4.69) is 44.1 Å². The molecule has 0 amide bonds. The molecule has 0 aliphatic rings. The van der Waals surface area contributed by atoms with Crippen molar-refractivity contribution in [1.29, 1.82) is 0 Å². The molecule has 1 atom stereocenters. The molecule has 16 heavy (non-hydrogen) atoms. The molecule has 0 heterocycles. The lowest BCUT2D eigenvalue weighted by Gasteiger charge is -2.24. The van der Waals surface area contributed by atoms with Crippen molar-refractivity contribution in [1.82, 2.24) is 4.90 Å². The van der Waals surface area contributed by atoms with Gasteiger partial charge in [0.1, 0.15) is 0 Å². The van der Waals surface area contributed by atoms with Crippen LogP contribution in [0.25, 0.3) is 0 Å². The highest BCUT2D eigenvalue weighted by molar-refractivity contribution is 14.1. The van der Waals surface area contributed by atoms with E-state index >= 15 is 0 Å². The van der Waals surface area contributed by atoms with Gasteiger partial charge in [-0.2, -0.15) is 0 Å². The topological polar surface area (TPSA) is 90.9 Å². The summed E-state index contributed by atoms with van der Waals surface area (Å²) in [6.07, 6.45) is 1.48. The Hall–Kier alpha value is -0.190. The van der Waals surface area contributed by atoms with E-state index in [1.807, 2.05) is 0 Å². The van der Waals surface area contributed by atoms with Gasteiger partial charge in [0, 0.05) is 13.1 Å². The number of hydrogen-bond acceptors (Lipinski definition) is 6. The van der Waals surface area contributed by atoms with Gasteiger partial charge in [-0.05, 0) is 19.8 Å². The molecule has 0 spiro atoms. The molecule has 0 aromatic heterocycles. The first-order chi connectivity index (χ1) is 7.57. The average Bonchev–Trinajstić information content (AvgIpc) is 2.21. The van der Waals surface area contributed by atoms with Crippen LogP contribution in [0.15, 0.2) is 0 Å². The molecule has 96 valence electrons. The van der Waals surface area contributed by atoms with Gasteiger partial charge in [-0.1, -0.05) is 22.6 Å². The van der Waals surface area contributed by atoms with Crippen LogP contribution in [0.2, 0.25) is 0 Å². The van der Waals surface area contributed by atoms with Crippen molar-refractivity contribution in [2.45, 2.75) is 23.8 Å². The van der Waals surface area contributed by atoms with Crippen LogP contribution in [0.3, 0.4) is 0 Å². The maximum Gasteiger partial charge on any atom is 0.294 e. The van der Waals surface area contributed by atoms with Crippen molar-refractivity contribution in [3.05, 3.63) is 10.1 Å². The maximum absolute atomic E-state index is 9.93. The Bertz CT molecular complexity index is 194. The van der Waals surface area contributed by atoms with E-state index in [1.54, 1.807) is 0 Å². The normalized spacial score (nSPS) is 12.8. The van der Waals surface area contributed by atoms with Gasteiger partial charge in [0.15, 0.2) is 0 Å². The lowest BCUT2D eigenvalue weighted by atomic mass is 10.3. The molecule has 0 saturated carbocycles. The third kappa shape index (κ3) is 9.07. The molecule has 0 aliphatic heterocycles. The third-order valence-electron chi connectivity index (χ3n) is 2.00. The monoisotopic (exact) mass is 347 g/mol. The highest BCUT2D eigenvalue weighted by Gasteiger charge is 2.10. The van der Waals surface area contributed by atoms with Crippen molar-refractivity contribution < 1.29 is 14.8 Å². The van der Waals surface area contributed by atoms with Gasteiger partial charge in [0.2, 0.25) is 0 Å². The van der Waals surface area contributed by atoms with E-state index in [0.717, 1.165) is 19.5 Å². The summed E-state index contributed by atoms with van der Waals surface area (Å²) in [5.74, 6) is 4.93. The quantitative estimate of drug-likeness (QED) is 0.158. The van der Waals surface area contributed by atoms with Crippen molar-refractivity contribution in [2.75, 3.05) is 26.3 Å². The summed E-state index contributed by atoms with van der Waals surface area (Å²) >= 11 is 2.30. The fourth-order valence-electron chi connectivity index (χ4n) is 1.23. The molecular formula is C8H18IN3O4. The van der Waals surface area contributed by atoms with E-state index in [0.29, 0.717) is 17.1 Å². The first kappa shape index (κ1) is 15.8. The Kier molecular flexibility index (Phi) is 9.88. The van der Waals surface area contributed by atoms with Crippen LogP contribution in [-0.2, 0) is 9.68 Å². The second-order valence-electron chi connectivity index (χ2n) is 3.24. The zero-order chi connectivity index (χ0) is 12.4. The number of rotatable bonds is 10. The highest BCUT2D eigenvalue weighted by Crippen LogP contribution is 2.08. The molecule has 0 fully saturated rings. The van der Waals surface area contributed by atoms with Crippen LogP contribution in [0.5, 0.6) is 0 Å². The smallest absolute Gasteiger partial charge is 0.294 e. The summed E-state index contributed by atoms with van der Waals surface area (Å²) < 4.78 is 0.367. The molecule has 7 nitrogen and oxygen atoms in total. The second-order valence-corrected chi connectivity index (χ2v) is 5.05.